The van der Waals surface area contributed by atoms with Gasteiger partial charge in [0.25, 0.3) is 0 Å². The summed E-state index contributed by atoms with van der Waals surface area (Å²) in [6, 6.07) is 5.36. The highest BCUT2D eigenvalue weighted by Crippen LogP contribution is 2.33. The predicted molar refractivity (Wildman–Crippen MR) is 62.8 cm³/mol. The number of halogens is 1. The minimum atomic E-state index is -0.222. The van der Waals surface area contributed by atoms with Gasteiger partial charge in [0.15, 0.2) is 11.5 Å². The lowest BCUT2D eigenvalue weighted by atomic mass is 10.1. The first-order chi connectivity index (χ1) is 6.74. The summed E-state index contributed by atoms with van der Waals surface area (Å²) in [5.74, 6) is 1.34. The molecule has 0 spiro atoms. The van der Waals surface area contributed by atoms with Crippen molar-refractivity contribution >= 4 is 12.4 Å². The number of nitrogens with two attached hydrogens (primary N) is 2. The molecule has 0 heterocycles. The maximum Gasteiger partial charge on any atom is 0.165 e. The second kappa shape index (κ2) is 6.50. The second-order valence-electron chi connectivity index (χ2n) is 2.92. The van der Waals surface area contributed by atoms with Gasteiger partial charge in [0.05, 0.1) is 14.2 Å². The summed E-state index contributed by atoms with van der Waals surface area (Å²) in [7, 11) is 3.18. The van der Waals surface area contributed by atoms with E-state index >= 15 is 0 Å². The average Bonchev–Trinajstić information content (AvgIpc) is 2.26. The van der Waals surface area contributed by atoms with Crippen molar-refractivity contribution in [1.29, 1.82) is 0 Å². The van der Waals surface area contributed by atoms with Crippen LogP contribution in [0.3, 0.4) is 0 Å². The molecular weight excluding hydrogens is 216 g/mol. The van der Waals surface area contributed by atoms with Crippen molar-refractivity contribution in [3.8, 4) is 11.5 Å². The molecule has 0 aliphatic carbocycles. The lowest BCUT2D eigenvalue weighted by Crippen LogP contribution is -2.21. The van der Waals surface area contributed by atoms with Crippen LogP contribution in [0, 0.1) is 0 Å². The van der Waals surface area contributed by atoms with Gasteiger partial charge in [0.2, 0.25) is 0 Å². The van der Waals surface area contributed by atoms with Crippen molar-refractivity contribution in [3.63, 3.8) is 0 Å². The van der Waals surface area contributed by atoms with E-state index in [1.807, 2.05) is 18.2 Å². The second-order valence-corrected chi connectivity index (χ2v) is 2.92. The van der Waals surface area contributed by atoms with Gasteiger partial charge in [-0.15, -0.1) is 12.4 Å². The van der Waals surface area contributed by atoms with Crippen LogP contribution in [0.1, 0.15) is 11.6 Å². The largest absolute Gasteiger partial charge is 0.493 e. The van der Waals surface area contributed by atoms with Crippen molar-refractivity contribution in [2.75, 3.05) is 20.8 Å². The normalized spacial score (nSPS) is 11.5. The van der Waals surface area contributed by atoms with Crippen molar-refractivity contribution in [3.05, 3.63) is 23.8 Å². The summed E-state index contributed by atoms with van der Waals surface area (Å²) >= 11 is 0. The SMILES string of the molecule is COc1cccc([C@H](N)CN)c1OC.Cl. The fourth-order valence-electron chi connectivity index (χ4n) is 1.33. The molecule has 0 amide bonds. The molecule has 0 fully saturated rings. The number of benzene rings is 1. The standard InChI is InChI=1S/C10H16N2O2.ClH/c1-13-9-5-3-4-7(8(12)6-11)10(9)14-2;/h3-5,8H,6,11-12H2,1-2H3;1H/t8-;/m1./s1. The van der Waals surface area contributed by atoms with Gasteiger partial charge in [-0.25, -0.2) is 0 Å². The molecule has 0 aromatic heterocycles. The van der Waals surface area contributed by atoms with E-state index in [1.54, 1.807) is 14.2 Å². The molecule has 0 aliphatic heterocycles. The predicted octanol–water partition coefficient (Wildman–Crippen LogP) is 1.08. The number of methoxy groups -OCH3 is 2. The van der Waals surface area contributed by atoms with Crippen LogP contribution in [-0.4, -0.2) is 20.8 Å². The van der Waals surface area contributed by atoms with Gasteiger partial charge >= 0.3 is 0 Å². The molecule has 1 aromatic carbocycles. The molecule has 5 heteroatoms. The van der Waals surface area contributed by atoms with Gasteiger partial charge in [-0.3, -0.25) is 0 Å². The minimum Gasteiger partial charge on any atom is -0.493 e. The van der Waals surface area contributed by atoms with E-state index in [2.05, 4.69) is 0 Å². The van der Waals surface area contributed by atoms with E-state index in [1.165, 1.54) is 0 Å². The topological polar surface area (TPSA) is 70.5 Å². The van der Waals surface area contributed by atoms with Crippen LogP contribution in [-0.2, 0) is 0 Å². The van der Waals surface area contributed by atoms with Gasteiger partial charge in [-0.1, -0.05) is 12.1 Å². The highest BCUT2D eigenvalue weighted by Gasteiger charge is 2.13. The first-order valence-corrected chi connectivity index (χ1v) is 4.41. The Hall–Kier alpha value is -0.970. The summed E-state index contributed by atoms with van der Waals surface area (Å²) in [4.78, 5) is 0. The van der Waals surface area contributed by atoms with E-state index < -0.39 is 0 Å². The molecule has 0 unspecified atom stereocenters. The zero-order valence-corrected chi connectivity index (χ0v) is 9.71. The Kier molecular flexibility index (Phi) is 6.08. The van der Waals surface area contributed by atoms with Crippen molar-refractivity contribution < 1.29 is 9.47 Å². The highest BCUT2D eigenvalue weighted by molar-refractivity contribution is 5.85. The monoisotopic (exact) mass is 232 g/mol. The molecule has 0 aliphatic rings. The third kappa shape index (κ3) is 2.99. The average molecular weight is 233 g/mol. The minimum absolute atomic E-state index is 0. The Labute approximate surface area is 96.0 Å². The zero-order valence-electron chi connectivity index (χ0n) is 8.90. The number of rotatable bonds is 4. The molecule has 0 saturated carbocycles. The molecule has 4 nitrogen and oxygen atoms in total. The first-order valence-electron chi connectivity index (χ1n) is 4.41. The lowest BCUT2D eigenvalue weighted by Gasteiger charge is -2.16. The van der Waals surface area contributed by atoms with Crippen molar-refractivity contribution in [2.45, 2.75) is 6.04 Å². The fraction of sp³-hybridized carbons (Fsp3) is 0.400. The highest BCUT2D eigenvalue weighted by atomic mass is 35.5. The first kappa shape index (κ1) is 14.0. The molecule has 4 N–H and O–H groups in total. The lowest BCUT2D eigenvalue weighted by molar-refractivity contribution is 0.349. The van der Waals surface area contributed by atoms with Crippen molar-refractivity contribution in [2.24, 2.45) is 11.5 Å². The van der Waals surface area contributed by atoms with Crippen LogP contribution in [0.4, 0.5) is 0 Å². The van der Waals surface area contributed by atoms with Crippen LogP contribution < -0.4 is 20.9 Å². The molecule has 1 atom stereocenters. The number of ether oxygens (including phenoxy) is 2. The van der Waals surface area contributed by atoms with E-state index in [-0.39, 0.29) is 18.4 Å². The molecule has 1 rings (SSSR count). The van der Waals surface area contributed by atoms with Crippen LogP contribution in [0.5, 0.6) is 11.5 Å². The number of para-hydroxylation sites is 1. The number of hydrogen-bond acceptors (Lipinski definition) is 4. The third-order valence-electron chi connectivity index (χ3n) is 2.09. The number of hydrogen-bond donors (Lipinski definition) is 2. The van der Waals surface area contributed by atoms with E-state index in [0.29, 0.717) is 18.0 Å². The van der Waals surface area contributed by atoms with Gasteiger partial charge in [0, 0.05) is 18.2 Å². The van der Waals surface area contributed by atoms with Gasteiger partial charge in [0.1, 0.15) is 0 Å². The summed E-state index contributed by atoms with van der Waals surface area (Å²) in [6.07, 6.45) is 0. The maximum absolute atomic E-state index is 5.83. The van der Waals surface area contributed by atoms with Gasteiger partial charge < -0.3 is 20.9 Å². The molecule has 1 aromatic rings. The Bertz CT molecular complexity index is 307. The summed E-state index contributed by atoms with van der Waals surface area (Å²) in [5, 5.41) is 0. The van der Waals surface area contributed by atoms with Crippen molar-refractivity contribution in [1.82, 2.24) is 0 Å². The molecule has 86 valence electrons. The third-order valence-corrected chi connectivity index (χ3v) is 2.09. The molecule has 15 heavy (non-hydrogen) atoms. The summed E-state index contributed by atoms with van der Waals surface area (Å²) in [6.45, 7) is 0.378. The maximum atomic E-state index is 5.83. The van der Waals surface area contributed by atoms with Crippen LogP contribution in [0.15, 0.2) is 18.2 Å². The van der Waals surface area contributed by atoms with E-state index in [4.69, 9.17) is 20.9 Å². The smallest absolute Gasteiger partial charge is 0.165 e. The fourth-order valence-corrected chi connectivity index (χ4v) is 1.33. The molecule has 0 saturated heterocycles. The Morgan fingerprint density at radius 3 is 2.40 bits per heavy atom. The Balaban J connectivity index is 0.00000196. The quantitative estimate of drug-likeness (QED) is 0.815. The van der Waals surface area contributed by atoms with E-state index in [9.17, 15) is 0 Å². The van der Waals surface area contributed by atoms with Gasteiger partial charge in [-0.05, 0) is 6.07 Å². The van der Waals surface area contributed by atoms with Crippen LogP contribution >= 0.6 is 12.4 Å². The van der Waals surface area contributed by atoms with E-state index in [0.717, 1.165) is 5.56 Å². The summed E-state index contributed by atoms with van der Waals surface area (Å²) in [5.41, 5.74) is 12.2. The van der Waals surface area contributed by atoms with Crippen LogP contribution in [0.25, 0.3) is 0 Å². The van der Waals surface area contributed by atoms with Crippen LogP contribution in [0.2, 0.25) is 0 Å². The Morgan fingerprint density at radius 1 is 1.27 bits per heavy atom. The zero-order chi connectivity index (χ0) is 10.6. The van der Waals surface area contributed by atoms with Gasteiger partial charge in [-0.2, -0.15) is 0 Å². The Morgan fingerprint density at radius 2 is 1.93 bits per heavy atom. The molecular formula is C10H17ClN2O2. The molecule has 0 radical (unpaired) electrons. The molecule has 0 bridgehead atoms. The summed E-state index contributed by atoms with van der Waals surface area (Å²) < 4.78 is 10.4.